The second-order valence-corrected chi connectivity index (χ2v) is 8.93. The summed E-state index contributed by atoms with van der Waals surface area (Å²) in [5.74, 6) is 0.119. The molecular weight excluding hydrogens is 476 g/mol. The molecule has 0 heterocycles. The summed E-state index contributed by atoms with van der Waals surface area (Å²) in [4.78, 5) is 24.5. The van der Waals surface area contributed by atoms with Crippen LogP contribution in [0.4, 0.5) is 5.69 Å². The fourth-order valence-corrected chi connectivity index (χ4v) is 3.91. The van der Waals surface area contributed by atoms with Crippen LogP contribution in [-0.2, 0) is 4.79 Å². The number of anilines is 1. The fraction of sp³-hybridized carbons (Fsp3) is 0.300. The molecule has 5 nitrogen and oxygen atoms in total. The zero-order valence-electron chi connectivity index (χ0n) is 15.7. The summed E-state index contributed by atoms with van der Waals surface area (Å²) in [6.07, 6.45) is 0. The molecule has 144 valence electrons. The van der Waals surface area contributed by atoms with Crippen molar-refractivity contribution in [2.24, 2.45) is 0 Å². The van der Waals surface area contributed by atoms with Gasteiger partial charge in [0.2, 0.25) is 0 Å². The van der Waals surface area contributed by atoms with Crippen LogP contribution in [0.25, 0.3) is 0 Å². The Labute approximate surface area is 176 Å². The first-order chi connectivity index (χ1) is 12.5. The molecule has 2 aromatic carbocycles. The minimum Gasteiger partial charge on any atom is -0.482 e. The van der Waals surface area contributed by atoms with E-state index in [4.69, 9.17) is 4.74 Å². The van der Waals surface area contributed by atoms with Crippen LogP contribution in [0.5, 0.6) is 5.75 Å². The van der Waals surface area contributed by atoms with E-state index in [1.165, 1.54) is 0 Å². The Morgan fingerprint density at radius 3 is 2.44 bits per heavy atom. The summed E-state index contributed by atoms with van der Waals surface area (Å²) in [6.45, 7) is 7.50. The number of aryl methyl sites for hydroxylation is 1. The zero-order chi connectivity index (χ0) is 20.2. The Morgan fingerprint density at radius 1 is 1.11 bits per heavy atom. The first-order valence-corrected chi connectivity index (χ1v) is 9.94. The van der Waals surface area contributed by atoms with Crippen molar-refractivity contribution in [1.82, 2.24) is 5.32 Å². The maximum absolute atomic E-state index is 12.3. The minimum atomic E-state index is -0.333. The monoisotopic (exact) mass is 496 g/mol. The lowest BCUT2D eigenvalue weighted by atomic mass is 10.1. The van der Waals surface area contributed by atoms with E-state index in [2.05, 4.69) is 42.5 Å². The molecule has 27 heavy (non-hydrogen) atoms. The first-order valence-electron chi connectivity index (χ1n) is 8.36. The van der Waals surface area contributed by atoms with Crippen LogP contribution >= 0.6 is 31.9 Å². The van der Waals surface area contributed by atoms with E-state index in [1.54, 1.807) is 24.3 Å². The number of benzene rings is 2. The molecule has 0 fully saturated rings. The van der Waals surface area contributed by atoms with Crippen LogP contribution < -0.4 is 15.4 Å². The van der Waals surface area contributed by atoms with Crippen molar-refractivity contribution in [3.8, 4) is 5.75 Å². The van der Waals surface area contributed by atoms with Gasteiger partial charge in [0.15, 0.2) is 6.61 Å². The zero-order valence-corrected chi connectivity index (χ0v) is 18.8. The van der Waals surface area contributed by atoms with Gasteiger partial charge in [0.25, 0.3) is 11.8 Å². The van der Waals surface area contributed by atoms with Crippen molar-refractivity contribution in [2.45, 2.75) is 33.2 Å². The molecule has 0 aliphatic carbocycles. The van der Waals surface area contributed by atoms with Crippen LogP contribution in [0.2, 0.25) is 0 Å². The second kappa shape index (κ2) is 8.89. The summed E-state index contributed by atoms with van der Waals surface area (Å²) in [7, 11) is 0. The number of carbonyl (C=O) groups excluding carboxylic acids is 2. The molecule has 0 bridgehead atoms. The maximum Gasteiger partial charge on any atom is 0.262 e. The van der Waals surface area contributed by atoms with E-state index in [0.717, 1.165) is 14.5 Å². The lowest BCUT2D eigenvalue weighted by Crippen LogP contribution is -2.40. The van der Waals surface area contributed by atoms with E-state index >= 15 is 0 Å². The maximum atomic E-state index is 12.3. The van der Waals surface area contributed by atoms with Crippen molar-refractivity contribution in [1.29, 1.82) is 0 Å². The third-order valence-corrected chi connectivity index (χ3v) is 4.49. The van der Waals surface area contributed by atoms with Crippen molar-refractivity contribution in [3.05, 3.63) is 56.5 Å². The van der Waals surface area contributed by atoms with Crippen LogP contribution in [-0.4, -0.2) is 24.0 Å². The number of nitrogens with one attached hydrogen (secondary N) is 2. The quantitative estimate of drug-likeness (QED) is 0.606. The van der Waals surface area contributed by atoms with E-state index in [-0.39, 0.29) is 24.0 Å². The van der Waals surface area contributed by atoms with Gasteiger partial charge in [0.05, 0.1) is 4.47 Å². The minimum absolute atomic E-state index is 0.139. The molecule has 0 radical (unpaired) electrons. The Kier molecular flexibility index (Phi) is 7.06. The molecule has 2 N–H and O–H groups in total. The van der Waals surface area contributed by atoms with Gasteiger partial charge >= 0.3 is 0 Å². The Morgan fingerprint density at radius 2 is 1.81 bits per heavy atom. The fourth-order valence-electron chi connectivity index (χ4n) is 2.36. The second-order valence-electron chi connectivity index (χ2n) is 7.16. The van der Waals surface area contributed by atoms with Crippen molar-refractivity contribution < 1.29 is 14.3 Å². The van der Waals surface area contributed by atoms with E-state index in [1.807, 2.05) is 39.8 Å². The number of hydrogen-bond donors (Lipinski definition) is 2. The van der Waals surface area contributed by atoms with Gasteiger partial charge < -0.3 is 15.4 Å². The van der Waals surface area contributed by atoms with Gasteiger partial charge in [-0.25, -0.2) is 0 Å². The van der Waals surface area contributed by atoms with E-state index in [9.17, 15) is 9.59 Å². The number of ether oxygens (including phenoxy) is 1. The summed E-state index contributed by atoms with van der Waals surface area (Å²) < 4.78 is 7.33. The lowest BCUT2D eigenvalue weighted by molar-refractivity contribution is -0.118. The van der Waals surface area contributed by atoms with E-state index < -0.39 is 0 Å². The number of amides is 2. The highest BCUT2D eigenvalue weighted by Gasteiger charge is 2.16. The molecule has 0 aliphatic heterocycles. The molecule has 0 spiro atoms. The Bertz CT molecular complexity index is 838. The van der Waals surface area contributed by atoms with Gasteiger partial charge in [0.1, 0.15) is 5.75 Å². The van der Waals surface area contributed by atoms with Crippen LogP contribution in [0.15, 0.2) is 45.3 Å². The summed E-state index contributed by atoms with van der Waals surface area (Å²) in [5.41, 5.74) is 1.59. The van der Waals surface area contributed by atoms with Gasteiger partial charge in [-0.3, -0.25) is 9.59 Å². The van der Waals surface area contributed by atoms with Crippen molar-refractivity contribution in [3.63, 3.8) is 0 Å². The number of rotatable bonds is 5. The SMILES string of the molecule is Cc1cc(Br)cc(Br)c1OCC(=O)Nc1cccc(C(=O)NC(C)(C)C)c1. The van der Waals surface area contributed by atoms with Gasteiger partial charge in [-0.2, -0.15) is 0 Å². The molecule has 7 heteroatoms. The summed E-state index contributed by atoms with van der Waals surface area (Å²) >= 11 is 6.84. The molecule has 2 rings (SSSR count). The number of carbonyl (C=O) groups is 2. The molecule has 0 aromatic heterocycles. The van der Waals surface area contributed by atoms with Gasteiger partial charge in [-0.1, -0.05) is 22.0 Å². The predicted molar refractivity (Wildman–Crippen MR) is 114 cm³/mol. The summed E-state index contributed by atoms with van der Waals surface area (Å²) in [6, 6.07) is 10.6. The standard InChI is InChI=1S/C20H22Br2N2O3/c1-12-8-14(21)10-16(22)18(12)27-11-17(25)23-15-7-5-6-13(9-15)19(26)24-20(2,3)4/h5-10H,11H2,1-4H3,(H,23,25)(H,24,26). The predicted octanol–water partition coefficient (Wildman–Crippen LogP) is 5.07. The highest BCUT2D eigenvalue weighted by atomic mass is 79.9. The molecule has 0 saturated carbocycles. The highest BCUT2D eigenvalue weighted by molar-refractivity contribution is 9.11. The lowest BCUT2D eigenvalue weighted by Gasteiger charge is -2.20. The molecular formula is C20H22Br2N2O3. The Hall–Kier alpha value is -1.86. The third kappa shape index (κ3) is 6.66. The molecule has 0 saturated heterocycles. The third-order valence-electron chi connectivity index (χ3n) is 3.44. The molecule has 0 atom stereocenters. The first kappa shape index (κ1) is 21.4. The molecule has 2 amide bonds. The van der Waals surface area contributed by atoms with Crippen LogP contribution in [0.3, 0.4) is 0 Å². The number of hydrogen-bond acceptors (Lipinski definition) is 3. The van der Waals surface area contributed by atoms with Crippen LogP contribution in [0.1, 0.15) is 36.7 Å². The van der Waals surface area contributed by atoms with Gasteiger partial charge in [-0.05, 0) is 79.5 Å². The van der Waals surface area contributed by atoms with Gasteiger partial charge in [-0.15, -0.1) is 0 Å². The Balaban J connectivity index is 2.00. The van der Waals surface area contributed by atoms with E-state index in [0.29, 0.717) is 17.0 Å². The molecule has 2 aromatic rings. The molecule has 0 aliphatic rings. The topological polar surface area (TPSA) is 67.4 Å². The normalized spacial score (nSPS) is 11.0. The summed E-state index contributed by atoms with van der Waals surface area (Å²) in [5, 5.41) is 5.65. The average Bonchev–Trinajstić information content (AvgIpc) is 2.52. The molecule has 0 unspecified atom stereocenters. The van der Waals surface area contributed by atoms with Crippen molar-refractivity contribution >= 4 is 49.4 Å². The average molecular weight is 498 g/mol. The van der Waals surface area contributed by atoms with Gasteiger partial charge in [0, 0.05) is 21.3 Å². The number of halogens is 2. The van der Waals surface area contributed by atoms with Crippen molar-refractivity contribution in [2.75, 3.05) is 11.9 Å². The largest absolute Gasteiger partial charge is 0.482 e. The smallest absolute Gasteiger partial charge is 0.262 e. The van der Waals surface area contributed by atoms with Crippen LogP contribution in [0, 0.1) is 6.92 Å². The highest BCUT2D eigenvalue weighted by Crippen LogP contribution is 2.32.